The van der Waals surface area contributed by atoms with E-state index in [1.165, 1.54) is 30.5 Å². The standard InChI is InChI=1S/C22H21F3N2O4/c1-26(2)10-11-27(3)21(29)15-6-9-17-19(12-15)30-13-18(20(17)28)14-4-7-16(8-5-14)31-22(23,24)25/h4-9,12-13H,10-11H2,1-3H3. The van der Waals surface area contributed by atoms with Gasteiger partial charge < -0.3 is 19.0 Å². The number of halogens is 3. The van der Waals surface area contributed by atoms with Gasteiger partial charge in [0.15, 0.2) is 5.43 Å². The molecule has 1 amide bonds. The normalized spacial score (nSPS) is 11.7. The largest absolute Gasteiger partial charge is 0.573 e. The summed E-state index contributed by atoms with van der Waals surface area (Å²) in [6.45, 7) is 1.25. The van der Waals surface area contributed by atoms with E-state index >= 15 is 0 Å². The summed E-state index contributed by atoms with van der Waals surface area (Å²) < 4.78 is 46.3. The number of hydrogen-bond donors (Lipinski definition) is 0. The minimum atomic E-state index is -4.79. The van der Waals surface area contributed by atoms with Gasteiger partial charge in [-0.2, -0.15) is 0 Å². The van der Waals surface area contributed by atoms with Crippen molar-refractivity contribution in [1.82, 2.24) is 9.80 Å². The summed E-state index contributed by atoms with van der Waals surface area (Å²) in [7, 11) is 5.52. The SMILES string of the molecule is CN(C)CCN(C)C(=O)c1ccc2c(=O)c(-c3ccc(OC(F)(F)F)cc3)coc2c1. The Kier molecular flexibility index (Phi) is 6.35. The van der Waals surface area contributed by atoms with Crippen molar-refractivity contribution in [3.05, 3.63) is 64.5 Å². The van der Waals surface area contributed by atoms with E-state index in [0.29, 0.717) is 24.2 Å². The third-order valence-electron chi connectivity index (χ3n) is 4.65. The monoisotopic (exact) mass is 434 g/mol. The lowest BCUT2D eigenvalue weighted by molar-refractivity contribution is -0.274. The third kappa shape index (κ3) is 5.43. The number of benzene rings is 2. The number of amides is 1. The number of nitrogens with zero attached hydrogens (tertiary/aromatic N) is 2. The van der Waals surface area contributed by atoms with E-state index in [1.54, 1.807) is 18.0 Å². The Morgan fingerprint density at radius 3 is 2.32 bits per heavy atom. The van der Waals surface area contributed by atoms with Gasteiger partial charge in [-0.15, -0.1) is 13.2 Å². The highest BCUT2D eigenvalue weighted by atomic mass is 19.4. The third-order valence-corrected chi connectivity index (χ3v) is 4.65. The highest BCUT2D eigenvalue weighted by Gasteiger charge is 2.31. The van der Waals surface area contributed by atoms with Crippen LogP contribution in [0, 0.1) is 0 Å². The molecule has 3 aromatic rings. The fourth-order valence-electron chi connectivity index (χ4n) is 2.97. The minimum absolute atomic E-state index is 0.188. The minimum Gasteiger partial charge on any atom is -0.463 e. The maximum Gasteiger partial charge on any atom is 0.573 e. The molecule has 6 nitrogen and oxygen atoms in total. The number of hydrogen-bond acceptors (Lipinski definition) is 5. The molecular weight excluding hydrogens is 413 g/mol. The zero-order chi connectivity index (χ0) is 22.8. The molecule has 31 heavy (non-hydrogen) atoms. The van der Waals surface area contributed by atoms with Crippen molar-refractivity contribution >= 4 is 16.9 Å². The van der Waals surface area contributed by atoms with Crippen molar-refractivity contribution < 1.29 is 27.1 Å². The quantitative estimate of drug-likeness (QED) is 0.587. The van der Waals surface area contributed by atoms with E-state index in [1.807, 2.05) is 19.0 Å². The Hall–Kier alpha value is -3.33. The Bertz CT molecular complexity index is 1140. The van der Waals surface area contributed by atoms with Crippen molar-refractivity contribution in [2.75, 3.05) is 34.2 Å². The molecule has 1 aromatic heterocycles. The summed E-state index contributed by atoms with van der Waals surface area (Å²) in [4.78, 5) is 29.0. The van der Waals surface area contributed by atoms with Gasteiger partial charge in [0.1, 0.15) is 17.6 Å². The van der Waals surface area contributed by atoms with Crippen molar-refractivity contribution in [2.45, 2.75) is 6.36 Å². The lowest BCUT2D eigenvalue weighted by Gasteiger charge is -2.19. The first-order valence-corrected chi connectivity index (χ1v) is 9.37. The highest BCUT2D eigenvalue weighted by molar-refractivity contribution is 5.97. The summed E-state index contributed by atoms with van der Waals surface area (Å²) in [6.07, 6.45) is -3.56. The van der Waals surface area contributed by atoms with Gasteiger partial charge in [0, 0.05) is 25.7 Å². The number of likely N-dealkylation sites (N-methyl/N-ethyl adjacent to an activating group) is 2. The number of carbonyl (C=O) groups is 1. The molecule has 9 heteroatoms. The number of ether oxygens (including phenoxy) is 1. The molecular formula is C22H21F3N2O4. The predicted molar refractivity (Wildman–Crippen MR) is 110 cm³/mol. The maximum absolute atomic E-state index is 12.9. The molecule has 164 valence electrons. The van der Waals surface area contributed by atoms with E-state index in [0.717, 1.165) is 12.1 Å². The smallest absolute Gasteiger partial charge is 0.463 e. The Balaban J connectivity index is 1.87. The molecule has 0 aliphatic heterocycles. The maximum atomic E-state index is 12.9. The molecule has 0 fully saturated rings. The van der Waals surface area contributed by atoms with Crippen LogP contribution in [0.3, 0.4) is 0 Å². The van der Waals surface area contributed by atoms with Crippen molar-refractivity contribution in [1.29, 1.82) is 0 Å². The first kappa shape index (κ1) is 22.4. The van der Waals surface area contributed by atoms with Crippen LogP contribution in [-0.4, -0.2) is 56.3 Å². The highest BCUT2D eigenvalue weighted by Crippen LogP contribution is 2.26. The molecule has 0 atom stereocenters. The van der Waals surface area contributed by atoms with E-state index in [4.69, 9.17) is 4.42 Å². The molecule has 0 N–H and O–H groups in total. The number of alkyl halides is 3. The van der Waals surface area contributed by atoms with E-state index < -0.39 is 6.36 Å². The van der Waals surface area contributed by atoms with E-state index in [2.05, 4.69) is 4.74 Å². The topological polar surface area (TPSA) is 63.0 Å². The Labute approximate surface area is 176 Å². The van der Waals surface area contributed by atoms with Gasteiger partial charge in [-0.05, 0) is 50.0 Å². The van der Waals surface area contributed by atoms with Crippen molar-refractivity contribution in [2.24, 2.45) is 0 Å². The second-order valence-corrected chi connectivity index (χ2v) is 7.29. The molecule has 0 radical (unpaired) electrons. The Morgan fingerprint density at radius 1 is 1.03 bits per heavy atom. The van der Waals surface area contributed by atoms with Gasteiger partial charge >= 0.3 is 6.36 Å². The van der Waals surface area contributed by atoms with Crippen LogP contribution in [0.1, 0.15) is 10.4 Å². The average molecular weight is 434 g/mol. The predicted octanol–water partition coefficient (Wildman–Crippen LogP) is 3.99. The number of fused-ring (bicyclic) bond motifs is 1. The molecule has 0 aliphatic carbocycles. The molecule has 0 aliphatic rings. The first-order valence-electron chi connectivity index (χ1n) is 9.37. The molecule has 0 spiro atoms. The second-order valence-electron chi connectivity index (χ2n) is 7.29. The molecule has 3 rings (SSSR count). The van der Waals surface area contributed by atoms with E-state index in [-0.39, 0.29) is 33.6 Å². The molecule has 0 saturated carbocycles. The zero-order valence-electron chi connectivity index (χ0n) is 17.2. The number of carbonyl (C=O) groups excluding carboxylic acids is 1. The first-order chi connectivity index (χ1) is 14.5. The molecule has 2 aromatic carbocycles. The molecule has 0 bridgehead atoms. The van der Waals surface area contributed by atoms with Crippen LogP contribution >= 0.6 is 0 Å². The van der Waals surface area contributed by atoms with Crippen molar-refractivity contribution in [3.8, 4) is 16.9 Å². The average Bonchev–Trinajstić information content (AvgIpc) is 2.71. The zero-order valence-corrected chi connectivity index (χ0v) is 17.2. The van der Waals surface area contributed by atoms with Crippen LogP contribution < -0.4 is 10.2 Å². The van der Waals surface area contributed by atoms with Gasteiger partial charge in [0.2, 0.25) is 0 Å². The van der Waals surface area contributed by atoms with Crippen LogP contribution in [-0.2, 0) is 0 Å². The van der Waals surface area contributed by atoms with Gasteiger partial charge in [-0.3, -0.25) is 9.59 Å². The van der Waals surface area contributed by atoms with Crippen LogP contribution in [0.25, 0.3) is 22.1 Å². The lowest BCUT2D eigenvalue weighted by atomic mass is 10.0. The fraction of sp³-hybridized carbons (Fsp3) is 0.273. The molecule has 0 saturated heterocycles. The molecule has 1 heterocycles. The lowest BCUT2D eigenvalue weighted by Crippen LogP contribution is -2.33. The van der Waals surface area contributed by atoms with Crippen LogP contribution in [0.15, 0.2) is 57.9 Å². The summed E-state index contributed by atoms with van der Waals surface area (Å²) >= 11 is 0. The summed E-state index contributed by atoms with van der Waals surface area (Å²) in [5.74, 6) is -0.585. The van der Waals surface area contributed by atoms with Gasteiger partial charge in [-0.25, -0.2) is 0 Å². The summed E-state index contributed by atoms with van der Waals surface area (Å²) in [5, 5.41) is 0.264. The van der Waals surface area contributed by atoms with Crippen LogP contribution in [0.5, 0.6) is 5.75 Å². The second kappa shape index (κ2) is 8.81. The molecule has 0 unspecified atom stereocenters. The van der Waals surface area contributed by atoms with Crippen LogP contribution in [0.2, 0.25) is 0 Å². The fourth-order valence-corrected chi connectivity index (χ4v) is 2.97. The summed E-state index contributed by atoms with van der Waals surface area (Å²) in [6, 6.07) is 9.51. The van der Waals surface area contributed by atoms with Gasteiger partial charge in [0.25, 0.3) is 5.91 Å². The van der Waals surface area contributed by atoms with Gasteiger partial charge in [0.05, 0.1) is 10.9 Å². The number of rotatable bonds is 6. The van der Waals surface area contributed by atoms with Crippen LogP contribution in [0.4, 0.5) is 13.2 Å². The van der Waals surface area contributed by atoms with Gasteiger partial charge in [-0.1, -0.05) is 12.1 Å². The summed E-state index contributed by atoms with van der Waals surface area (Å²) in [5.41, 5.74) is 0.851. The van der Waals surface area contributed by atoms with E-state index in [9.17, 15) is 22.8 Å². The van der Waals surface area contributed by atoms with Crippen molar-refractivity contribution in [3.63, 3.8) is 0 Å². The Morgan fingerprint density at radius 2 is 1.71 bits per heavy atom.